The summed E-state index contributed by atoms with van der Waals surface area (Å²) < 4.78 is 0. The molecule has 1 heteroatoms. The quantitative estimate of drug-likeness (QED) is 0.420. The van der Waals surface area contributed by atoms with Crippen LogP contribution < -0.4 is 0 Å². The molecule has 0 aromatic carbocycles. The van der Waals surface area contributed by atoms with Gasteiger partial charge in [0.05, 0.1) is 0 Å². The van der Waals surface area contributed by atoms with Gasteiger partial charge in [-0.1, -0.05) is 89.1 Å². The normalized spacial score (nSPS) is 46.1. The van der Waals surface area contributed by atoms with Gasteiger partial charge in [0.1, 0.15) is 0 Å². The van der Waals surface area contributed by atoms with E-state index in [4.69, 9.17) is 0 Å². The summed E-state index contributed by atoms with van der Waals surface area (Å²) in [4.78, 5) is 0. The Hall–Kier alpha value is -0.690. The van der Waals surface area contributed by atoms with Crippen molar-refractivity contribution in [1.82, 2.24) is 0 Å². The molecule has 4 aliphatic carbocycles. The lowest BCUT2D eigenvalue weighted by molar-refractivity contribution is 0.332. The van der Waals surface area contributed by atoms with E-state index in [0.717, 1.165) is 57.8 Å². The van der Waals surface area contributed by atoms with Crippen LogP contribution in [0.4, 0.5) is 0 Å². The van der Waals surface area contributed by atoms with Gasteiger partial charge in [-0.05, 0) is 83.2 Å². The van der Waals surface area contributed by atoms with Gasteiger partial charge in [0.15, 0.2) is 0 Å². The van der Waals surface area contributed by atoms with Gasteiger partial charge < -0.3 is 0 Å². The zero-order chi connectivity index (χ0) is 20.8. The Bertz CT molecular complexity index is 637. The van der Waals surface area contributed by atoms with E-state index < -0.39 is 10.0 Å². The van der Waals surface area contributed by atoms with Gasteiger partial charge in [0.25, 0.3) is 0 Å². The van der Waals surface area contributed by atoms with Gasteiger partial charge in [0.2, 0.25) is 0 Å². The molecule has 0 bridgehead atoms. The molecule has 2 fully saturated rings. The molecular formula is C28H44S. The number of hydrogen-bond acceptors (Lipinski definition) is 0. The highest BCUT2D eigenvalue weighted by molar-refractivity contribution is 8.33. The van der Waals surface area contributed by atoms with E-state index in [1.54, 1.807) is 0 Å². The molecule has 0 saturated heterocycles. The smallest absolute Gasteiger partial charge is 0.00166 e. The van der Waals surface area contributed by atoms with E-state index >= 15 is 0 Å². The van der Waals surface area contributed by atoms with Crippen molar-refractivity contribution in [2.45, 2.75) is 63.9 Å². The van der Waals surface area contributed by atoms with Crippen molar-refractivity contribution in [2.75, 3.05) is 12.5 Å². The van der Waals surface area contributed by atoms with Crippen LogP contribution in [0.3, 0.4) is 0 Å². The average Bonchev–Trinajstić information content (AvgIpc) is 3.15. The van der Waals surface area contributed by atoms with E-state index in [1.807, 2.05) is 0 Å². The van der Waals surface area contributed by atoms with Crippen molar-refractivity contribution in [2.24, 2.45) is 47.3 Å². The fourth-order valence-corrected chi connectivity index (χ4v) is 13.5. The van der Waals surface area contributed by atoms with Gasteiger partial charge in [0, 0.05) is 0 Å². The number of fused-ring (bicyclic) bond motifs is 2. The van der Waals surface area contributed by atoms with Crippen LogP contribution in [-0.2, 0) is 0 Å². The van der Waals surface area contributed by atoms with Crippen LogP contribution in [0.15, 0.2) is 48.6 Å². The third kappa shape index (κ3) is 3.44. The average molecular weight is 413 g/mol. The first-order valence-corrected chi connectivity index (χ1v) is 14.9. The second kappa shape index (κ2) is 8.45. The standard InChI is InChI=1S/C28H44S/c1-7-13-21-19(3)27(25-17-11-9-15-23(21)25)29(5,6)28-20(4)22(14-8-2)24-16-10-12-18-26(24)28/h9-12,15-28H,7-8,13-14H2,1-6H3/t19?,20?,21-,22-,23-,24-,25?,26?,27?,28?/m0/s1. The summed E-state index contributed by atoms with van der Waals surface area (Å²) in [6.45, 7) is 10.0. The molecule has 0 spiro atoms. The van der Waals surface area contributed by atoms with Crippen molar-refractivity contribution >= 4 is 10.0 Å². The predicted octanol–water partition coefficient (Wildman–Crippen LogP) is 7.64. The van der Waals surface area contributed by atoms with E-state index in [0.29, 0.717) is 0 Å². The van der Waals surface area contributed by atoms with Crippen LogP contribution in [0.2, 0.25) is 0 Å². The Balaban J connectivity index is 1.70. The topological polar surface area (TPSA) is 0 Å². The Morgan fingerprint density at radius 1 is 0.586 bits per heavy atom. The van der Waals surface area contributed by atoms with Crippen molar-refractivity contribution in [3.8, 4) is 0 Å². The van der Waals surface area contributed by atoms with Gasteiger partial charge >= 0.3 is 0 Å². The molecule has 10 atom stereocenters. The summed E-state index contributed by atoms with van der Waals surface area (Å²) in [5, 5.41) is 1.75. The summed E-state index contributed by atoms with van der Waals surface area (Å²) in [6, 6.07) is 0. The van der Waals surface area contributed by atoms with Crippen molar-refractivity contribution in [1.29, 1.82) is 0 Å². The summed E-state index contributed by atoms with van der Waals surface area (Å²) in [5.41, 5.74) is 0. The Morgan fingerprint density at radius 3 is 1.28 bits per heavy atom. The summed E-state index contributed by atoms with van der Waals surface area (Å²) >= 11 is 0. The molecule has 0 aromatic heterocycles. The Morgan fingerprint density at radius 2 is 0.931 bits per heavy atom. The van der Waals surface area contributed by atoms with Crippen molar-refractivity contribution in [3.63, 3.8) is 0 Å². The first-order valence-electron chi connectivity index (χ1n) is 12.3. The van der Waals surface area contributed by atoms with Crippen molar-refractivity contribution in [3.05, 3.63) is 48.6 Å². The predicted molar refractivity (Wildman–Crippen MR) is 133 cm³/mol. The molecule has 29 heavy (non-hydrogen) atoms. The molecular weight excluding hydrogens is 368 g/mol. The minimum absolute atomic E-state index is 0.750. The molecule has 2 saturated carbocycles. The first-order chi connectivity index (χ1) is 13.9. The molecule has 6 unspecified atom stereocenters. The fourth-order valence-electron chi connectivity index (χ4n) is 8.36. The SMILES string of the molecule is CCC[C@H]1C(C)C(S(C)(C)C2C3C=CC=C[C@H]3[C@@H](CCC)C2C)C2C=CC=C[C@H]21. The van der Waals surface area contributed by atoms with Crippen LogP contribution in [0.1, 0.15) is 53.4 Å². The second-order valence-electron chi connectivity index (χ2n) is 10.9. The molecule has 0 N–H and O–H groups in total. The Labute approximate surface area is 182 Å². The molecule has 0 aliphatic heterocycles. The maximum Gasteiger partial charge on any atom is -0.00166 e. The van der Waals surface area contributed by atoms with Gasteiger partial charge in [-0.15, -0.1) is 0 Å². The summed E-state index contributed by atoms with van der Waals surface area (Å²) in [7, 11) is -0.750. The van der Waals surface area contributed by atoms with Crippen LogP contribution >= 0.6 is 10.0 Å². The Kier molecular flexibility index (Phi) is 6.27. The minimum atomic E-state index is -0.750. The van der Waals surface area contributed by atoms with Crippen LogP contribution in [0, 0.1) is 47.3 Å². The van der Waals surface area contributed by atoms with Gasteiger partial charge in [-0.3, -0.25) is 0 Å². The highest BCUT2D eigenvalue weighted by Crippen LogP contribution is 2.70. The molecule has 0 heterocycles. The number of allylic oxidation sites excluding steroid dienone is 8. The van der Waals surface area contributed by atoms with Crippen molar-refractivity contribution < 1.29 is 0 Å². The lowest BCUT2D eigenvalue weighted by Gasteiger charge is -2.52. The number of hydrogen-bond donors (Lipinski definition) is 0. The van der Waals surface area contributed by atoms with E-state index in [1.165, 1.54) is 25.7 Å². The highest BCUT2D eigenvalue weighted by Gasteiger charge is 2.57. The molecule has 162 valence electrons. The molecule has 4 rings (SSSR count). The molecule has 0 amide bonds. The van der Waals surface area contributed by atoms with E-state index in [2.05, 4.69) is 88.8 Å². The van der Waals surface area contributed by atoms with Gasteiger partial charge in [-0.25, -0.2) is 10.0 Å². The van der Waals surface area contributed by atoms with Crippen LogP contribution in [-0.4, -0.2) is 23.0 Å². The second-order valence-corrected chi connectivity index (χ2v) is 15.0. The lowest BCUT2D eigenvalue weighted by atomic mass is 9.82. The first kappa shape index (κ1) is 21.5. The number of rotatable bonds is 6. The lowest BCUT2D eigenvalue weighted by Crippen LogP contribution is -2.38. The van der Waals surface area contributed by atoms with E-state index in [9.17, 15) is 0 Å². The van der Waals surface area contributed by atoms with E-state index in [-0.39, 0.29) is 0 Å². The largest absolute Gasteiger partial charge is 0.239 e. The summed E-state index contributed by atoms with van der Waals surface area (Å²) in [5.74, 6) is 6.57. The molecule has 0 aromatic rings. The maximum absolute atomic E-state index is 2.74. The fraction of sp³-hybridized carbons (Fsp3) is 0.714. The zero-order valence-electron chi connectivity index (χ0n) is 19.6. The van der Waals surface area contributed by atoms with Crippen LogP contribution in [0.25, 0.3) is 0 Å². The van der Waals surface area contributed by atoms with Gasteiger partial charge in [-0.2, -0.15) is 0 Å². The van der Waals surface area contributed by atoms with Crippen LogP contribution in [0.5, 0.6) is 0 Å². The molecule has 0 nitrogen and oxygen atoms in total. The summed E-state index contributed by atoms with van der Waals surface area (Å²) in [6.07, 6.45) is 30.7. The molecule has 4 aliphatic rings. The zero-order valence-corrected chi connectivity index (χ0v) is 20.4. The monoisotopic (exact) mass is 412 g/mol. The highest BCUT2D eigenvalue weighted by atomic mass is 32.3. The third-order valence-corrected chi connectivity index (χ3v) is 13.5. The minimum Gasteiger partial charge on any atom is -0.239 e. The molecule has 0 radical (unpaired) electrons. The third-order valence-electron chi connectivity index (χ3n) is 9.23. The maximum atomic E-state index is 2.74.